The van der Waals surface area contributed by atoms with Gasteiger partial charge in [0.2, 0.25) is 0 Å². The maximum absolute atomic E-state index is 8.95. The van der Waals surface area contributed by atoms with E-state index in [0.717, 1.165) is 28.2 Å². The van der Waals surface area contributed by atoms with Crippen LogP contribution in [0.2, 0.25) is 0 Å². The molecule has 1 aromatic rings. The molecule has 0 aliphatic rings. The van der Waals surface area contributed by atoms with Crippen LogP contribution in [0.5, 0.6) is 0 Å². The van der Waals surface area contributed by atoms with Gasteiger partial charge in [0.1, 0.15) is 0 Å². The summed E-state index contributed by atoms with van der Waals surface area (Å²) in [6.45, 7) is 0.0965. The lowest BCUT2D eigenvalue weighted by atomic mass is 10.1. The van der Waals surface area contributed by atoms with E-state index in [0.29, 0.717) is 0 Å². The molecule has 0 aliphatic heterocycles. The topological polar surface area (TPSA) is 20.2 Å². The number of benzene rings is 1. The maximum Gasteiger partial charge on any atom is 0.0692 e. The van der Waals surface area contributed by atoms with Gasteiger partial charge in [-0.05, 0) is 30.0 Å². The van der Waals surface area contributed by atoms with Gasteiger partial charge in [0, 0.05) is 9.80 Å². The molecular weight excluding hydrogens is 296 g/mol. The minimum Gasteiger partial charge on any atom is -0.392 e. The third-order valence-electron chi connectivity index (χ3n) is 1.89. The van der Waals surface area contributed by atoms with E-state index in [1.165, 1.54) is 5.56 Å². The molecule has 0 aromatic heterocycles. The number of aliphatic hydroxyl groups excluding tert-OH is 1. The van der Waals surface area contributed by atoms with Crippen LogP contribution in [0.4, 0.5) is 0 Å². The summed E-state index contributed by atoms with van der Waals surface area (Å²) in [4.78, 5) is 0. The molecule has 0 bridgehead atoms. The first-order chi connectivity index (χ1) is 6.27. The number of alkyl halides is 1. The lowest BCUT2D eigenvalue weighted by molar-refractivity contribution is 0.281. The molecule has 1 rings (SSSR count). The van der Waals surface area contributed by atoms with E-state index in [4.69, 9.17) is 5.11 Å². The molecule has 0 saturated heterocycles. The Morgan fingerprint density at radius 3 is 2.62 bits per heavy atom. The van der Waals surface area contributed by atoms with Gasteiger partial charge in [-0.25, -0.2) is 0 Å². The highest BCUT2D eigenvalue weighted by atomic mass is 79.9. The summed E-state index contributed by atoms with van der Waals surface area (Å²) < 4.78 is 1.00. The smallest absolute Gasteiger partial charge is 0.0692 e. The fraction of sp³-hybridized carbons (Fsp3) is 0.400. The molecule has 0 fully saturated rings. The Kier molecular flexibility index (Phi) is 4.99. The number of aliphatic hydroxyl groups is 1. The Balaban J connectivity index is 2.71. The highest BCUT2D eigenvalue weighted by Gasteiger charge is 1.99. The van der Waals surface area contributed by atoms with Crippen molar-refractivity contribution in [3.05, 3.63) is 33.8 Å². The second kappa shape index (κ2) is 5.78. The van der Waals surface area contributed by atoms with Crippen molar-refractivity contribution in [2.75, 3.05) is 5.33 Å². The van der Waals surface area contributed by atoms with Crippen molar-refractivity contribution in [3.8, 4) is 0 Å². The Morgan fingerprint density at radius 2 is 2.08 bits per heavy atom. The maximum atomic E-state index is 8.95. The molecule has 0 atom stereocenters. The van der Waals surface area contributed by atoms with Crippen LogP contribution in [0.25, 0.3) is 0 Å². The minimum absolute atomic E-state index is 0.0965. The standard InChI is InChI=1S/C10H12Br2O/c11-5-1-2-8-3-4-9(7-13)10(12)6-8/h3-4,6,13H,1-2,5,7H2. The minimum atomic E-state index is 0.0965. The summed E-state index contributed by atoms with van der Waals surface area (Å²) in [6, 6.07) is 6.11. The van der Waals surface area contributed by atoms with Gasteiger partial charge in [0.05, 0.1) is 6.61 Å². The fourth-order valence-electron chi connectivity index (χ4n) is 1.15. The van der Waals surface area contributed by atoms with Crippen LogP contribution in [0.3, 0.4) is 0 Å². The SMILES string of the molecule is OCc1ccc(CCCBr)cc1Br. The van der Waals surface area contributed by atoms with Crippen LogP contribution < -0.4 is 0 Å². The predicted octanol–water partition coefficient (Wildman–Crippen LogP) is 3.27. The molecule has 3 heteroatoms. The zero-order chi connectivity index (χ0) is 9.68. The first kappa shape index (κ1) is 11.2. The van der Waals surface area contributed by atoms with E-state index in [2.05, 4.69) is 44.0 Å². The molecule has 1 nitrogen and oxygen atoms in total. The second-order valence-electron chi connectivity index (χ2n) is 2.88. The van der Waals surface area contributed by atoms with Gasteiger partial charge in [-0.2, -0.15) is 0 Å². The van der Waals surface area contributed by atoms with E-state index in [-0.39, 0.29) is 6.61 Å². The van der Waals surface area contributed by atoms with Crippen LogP contribution in [0.15, 0.2) is 22.7 Å². The lowest BCUT2D eigenvalue weighted by Crippen LogP contribution is -1.90. The summed E-state index contributed by atoms with van der Waals surface area (Å²) in [5, 5.41) is 9.98. The summed E-state index contributed by atoms with van der Waals surface area (Å²) in [6.07, 6.45) is 2.22. The Labute approximate surface area is 95.4 Å². The summed E-state index contributed by atoms with van der Waals surface area (Å²) in [5.74, 6) is 0. The van der Waals surface area contributed by atoms with Gasteiger partial charge < -0.3 is 5.11 Å². The lowest BCUT2D eigenvalue weighted by Gasteiger charge is -2.04. The summed E-state index contributed by atoms with van der Waals surface area (Å²) in [5.41, 5.74) is 2.26. The number of hydrogen-bond acceptors (Lipinski definition) is 1. The van der Waals surface area contributed by atoms with E-state index < -0.39 is 0 Å². The molecule has 0 spiro atoms. The van der Waals surface area contributed by atoms with Crippen molar-refractivity contribution in [1.82, 2.24) is 0 Å². The average molecular weight is 308 g/mol. The molecule has 1 aromatic carbocycles. The van der Waals surface area contributed by atoms with Crippen LogP contribution >= 0.6 is 31.9 Å². The number of rotatable bonds is 4. The van der Waals surface area contributed by atoms with Crippen LogP contribution in [-0.4, -0.2) is 10.4 Å². The second-order valence-corrected chi connectivity index (χ2v) is 4.52. The zero-order valence-corrected chi connectivity index (χ0v) is 10.4. The molecule has 0 heterocycles. The molecule has 0 radical (unpaired) electrons. The van der Waals surface area contributed by atoms with Crippen molar-refractivity contribution in [2.24, 2.45) is 0 Å². The fourth-order valence-corrected chi connectivity index (χ4v) is 1.98. The average Bonchev–Trinajstić information content (AvgIpc) is 2.15. The Hall–Kier alpha value is 0.140. The van der Waals surface area contributed by atoms with E-state index in [9.17, 15) is 0 Å². The van der Waals surface area contributed by atoms with E-state index in [1.54, 1.807) is 0 Å². The highest BCUT2D eigenvalue weighted by molar-refractivity contribution is 9.10. The first-order valence-corrected chi connectivity index (χ1v) is 6.13. The van der Waals surface area contributed by atoms with Gasteiger partial charge in [-0.15, -0.1) is 0 Å². The van der Waals surface area contributed by atoms with E-state index >= 15 is 0 Å². The summed E-state index contributed by atoms with van der Waals surface area (Å²) in [7, 11) is 0. The third-order valence-corrected chi connectivity index (χ3v) is 3.19. The van der Waals surface area contributed by atoms with Gasteiger partial charge >= 0.3 is 0 Å². The van der Waals surface area contributed by atoms with E-state index in [1.807, 2.05) is 6.07 Å². The third kappa shape index (κ3) is 3.41. The molecule has 0 amide bonds. The van der Waals surface area contributed by atoms with Crippen molar-refractivity contribution >= 4 is 31.9 Å². The Bertz CT molecular complexity index is 274. The van der Waals surface area contributed by atoms with Gasteiger partial charge in [0.15, 0.2) is 0 Å². The van der Waals surface area contributed by atoms with Crippen LogP contribution in [0.1, 0.15) is 17.5 Å². The quantitative estimate of drug-likeness (QED) is 0.847. The summed E-state index contributed by atoms with van der Waals surface area (Å²) >= 11 is 6.83. The molecule has 0 unspecified atom stereocenters. The number of halogens is 2. The van der Waals surface area contributed by atoms with Crippen molar-refractivity contribution in [3.63, 3.8) is 0 Å². The molecule has 0 saturated carbocycles. The Morgan fingerprint density at radius 1 is 1.31 bits per heavy atom. The molecule has 72 valence electrons. The predicted molar refractivity (Wildman–Crippen MR) is 62.2 cm³/mol. The van der Waals surface area contributed by atoms with Crippen LogP contribution in [0, 0.1) is 0 Å². The highest BCUT2D eigenvalue weighted by Crippen LogP contribution is 2.19. The van der Waals surface area contributed by atoms with Gasteiger partial charge in [-0.1, -0.05) is 44.0 Å². The molecule has 13 heavy (non-hydrogen) atoms. The molecule has 1 N–H and O–H groups in total. The normalized spacial score (nSPS) is 10.4. The molecular formula is C10H12Br2O. The van der Waals surface area contributed by atoms with Crippen molar-refractivity contribution < 1.29 is 5.11 Å². The van der Waals surface area contributed by atoms with Crippen molar-refractivity contribution in [2.45, 2.75) is 19.4 Å². The van der Waals surface area contributed by atoms with Crippen LogP contribution in [-0.2, 0) is 13.0 Å². The zero-order valence-electron chi connectivity index (χ0n) is 7.26. The monoisotopic (exact) mass is 306 g/mol. The largest absolute Gasteiger partial charge is 0.392 e. The molecule has 0 aliphatic carbocycles. The van der Waals surface area contributed by atoms with Crippen molar-refractivity contribution in [1.29, 1.82) is 0 Å². The first-order valence-electron chi connectivity index (χ1n) is 4.22. The number of aryl methyl sites for hydroxylation is 1. The van der Waals surface area contributed by atoms with Gasteiger partial charge in [0.25, 0.3) is 0 Å². The number of hydrogen-bond donors (Lipinski definition) is 1. The van der Waals surface area contributed by atoms with Gasteiger partial charge in [-0.3, -0.25) is 0 Å².